The number of benzene rings is 13. The number of thiophene rings is 1. The predicted molar refractivity (Wildman–Crippen MR) is 477 cm³/mol. The average Bonchev–Trinajstić information content (AvgIpc) is 1.59. The van der Waals surface area contributed by atoms with E-state index in [9.17, 15) is 0 Å². The van der Waals surface area contributed by atoms with Crippen molar-refractivity contribution in [3.8, 4) is 11.4 Å². The van der Waals surface area contributed by atoms with E-state index < -0.39 is 0 Å². The second kappa shape index (κ2) is 39.4. The minimum atomic E-state index is 0.197. The largest absolute Gasteiger partial charge is 0.464 e. The lowest BCUT2D eigenvalue weighted by Crippen LogP contribution is -1.94. The lowest BCUT2D eigenvalue weighted by molar-refractivity contribution is 0.456. The molecule has 0 N–H and O–H groups in total. The number of aromatic nitrogens is 11. The number of para-hydroxylation sites is 10. The summed E-state index contributed by atoms with van der Waals surface area (Å²) in [5.41, 5.74) is 16.4. The molecular weight excluding hydrogens is 1450 g/mol. The highest BCUT2D eigenvalue weighted by molar-refractivity contribution is 7.17. The Morgan fingerprint density at radius 2 is 0.819 bits per heavy atom. The molecule has 0 fully saturated rings. The van der Waals surface area contributed by atoms with E-state index in [1.807, 2.05) is 218 Å². The molecule has 0 saturated heterocycles. The van der Waals surface area contributed by atoms with E-state index in [2.05, 4.69) is 254 Å². The van der Waals surface area contributed by atoms with E-state index in [4.69, 9.17) is 8.94 Å². The number of aliphatic imine (C=N–C) groups is 1. The van der Waals surface area contributed by atoms with Crippen LogP contribution in [0.5, 0.6) is 0 Å². The summed E-state index contributed by atoms with van der Waals surface area (Å²) in [6, 6.07) is 127. The third-order valence-electron chi connectivity index (χ3n) is 18.5. The monoisotopic (exact) mass is 1520 g/mol. The zero-order valence-electron chi connectivity index (χ0n) is 63.0. The molecule has 15 heteroatoms. The predicted octanol–water partition coefficient (Wildman–Crippen LogP) is 25.3. The molecule has 0 saturated carbocycles. The standard InChI is InChI=1S/C18H13N.C14H11N.C13H10N2.C9H7N.3C8H6N2.C8H6O.C8H6S.C7H5NO/c1-2-8-14(9-3-1)19-17-12-6-4-10-15(17)16-11-5-7-13-18(16)19;1-2-6-11(7-3-1)14-13-9-5-4-8-12(13)10-15-14;1-2-7-12(8-3-1)15-13-9-5-4-6-11(13)10-14-15;1-2-4-9-7-10-6-5-8(9)3-1;1-3-7-8(9-5-1)4-2-6-10-7;1-2-4-8-7(3-1)5-9-6-10-8;1-2-4-8-7(3-1)9-5-6-10-8;2*1-2-4-8-7(3-1)5-6-9-8;1-2-4-7-6(3-1)5-8-9-7/h1-13H;1-10,14H;1-10H;1-7H;3*1-6H;2*1-6H;1-5H. The van der Waals surface area contributed by atoms with Gasteiger partial charge < -0.3 is 13.5 Å². The van der Waals surface area contributed by atoms with Gasteiger partial charge in [0.25, 0.3) is 0 Å². The van der Waals surface area contributed by atoms with Gasteiger partial charge in [-0.1, -0.05) is 254 Å². The normalized spacial score (nSPS) is 11.3. The molecule has 0 bridgehead atoms. The van der Waals surface area contributed by atoms with E-state index in [0.29, 0.717) is 0 Å². The minimum Gasteiger partial charge on any atom is -0.464 e. The molecular formula is C101H76N12O2S. The Morgan fingerprint density at radius 3 is 1.47 bits per heavy atom. The third-order valence-corrected chi connectivity index (χ3v) is 19.4. The van der Waals surface area contributed by atoms with Crippen LogP contribution in [0.15, 0.2) is 464 Å². The van der Waals surface area contributed by atoms with Crippen molar-refractivity contribution in [2.45, 2.75) is 6.04 Å². The zero-order valence-corrected chi connectivity index (χ0v) is 63.8. The number of furan rings is 1. The van der Waals surface area contributed by atoms with Gasteiger partial charge in [0.05, 0.1) is 68.5 Å². The molecule has 0 amide bonds. The molecule has 558 valence electrons. The van der Waals surface area contributed by atoms with Gasteiger partial charge in [-0.05, 0) is 166 Å². The number of fused-ring (bicyclic) bond motifs is 12. The summed E-state index contributed by atoms with van der Waals surface area (Å²) in [5, 5.41) is 21.0. The van der Waals surface area contributed by atoms with Crippen LogP contribution in [0, 0.1) is 0 Å². The summed E-state index contributed by atoms with van der Waals surface area (Å²) < 4.78 is 15.6. The molecule has 0 spiro atoms. The molecule has 0 aliphatic carbocycles. The van der Waals surface area contributed by atoms with E-state index in [1.165, 1.54) is 70.4 Å². The second-order valence-electron chi connectivity index (χ2n) is 26.1. The molecule has 1 aliphatic heterocycles. The Labute approximate surface area is 674 Å². The van der Waals surface area contributed by atoms with E-state index >= 15 is 0 Å². The molecule has 23 aromatic rings. The fourth-order valence-corrected chi connectivity index (χ4v) is 13.7. The first-order chi connectivity index (χ1) is 57.6. The van der Waals surface area contributed by atoms with Crippen LogP contribution in [-0.2, 0) is 0 Å². The summed E-state index contributed by atoms with van der Waals surface area (Å²) in [6.07, 6.45) is 21.2. The highest BCUT2D eigenvalue weighted by Crippen LogP contribution is 2.34. The van der Waals surface area contributed by atoms with Crippen molar-refractivity contribution in [3.05, 3.63) is 467 Å². The minimum absolute atomic E-state index is 0.197. The lowest BCUT2D eigenvalue weighted by atomic mass is 9.98. The van der Waals surface area contributed by atoms with Gasteiger partial charge >= 0.3 is 0 Å². The first-order valence-corrected chi connectivity index (χ1v) is 38.6. The van der Waals surface area contributed by atoms with Crippen molar-refractivity contribution >= 4 is 126 Å². The summed E-state index contributed by atoms with van der Waals surface area (Å²) in [4.78, 5) is 33.0. The van der Waals surface area contributed by atoms with E-state index in [0.717, 1.165) is 66.1 Å². The number of hydrogen-bond acceptors (Lipinski definition) is 13. The first-order valence-electron chi connectivity index (χ1n) is 37.7. The van der Waals surface area contributed by atoms with Gasteiger partial charge in [-0.25, -0.2) is 14.6 Å². The molecule has 1 aliphatic rings. The molecule has 116 heavy (non-hydrogen) atoms. The lowest BCUT2D eigenvalue weighted by Gasteiger charge is -2.09. The van der Waals surface area contributed by atoms with Gasteiger partial charge in [0.2, 0.25) is 0 Å². The molecule has 0 radical (unpaired) electrons. The van der Waals surface area contributed by atoms with Gasteiger partial charge in [0, 0.05) is 92.3 Å². The fourth-order valence-electron chi connectivity index (χ4n) is 12.9. The number of pyridine rings is 3. The van der Waals surface area contributed by atoms with Crippen molar-refractivity contribution in [2.75, 3.05) is 0 Å². The van der Waals surface area contributed by atoms with Crippen LogP contribution in [0.4, 0.5) is 0 Å². The van der Waals surface area contributed by atoms with Crippen LogP contribution in [0.3, 0.4) is 0 Å². The second-order valence-corrected chi connectivity index (χ2v) is 27.0. The van der Waals surface area contributed by atoms with Crippen molar-refractivity contribution < 1.29 is 8.94 Å². The van der Waals surface area contributed by atoms with Crippen LogP contribution in [0.1, 0.15) is 22.7 Å². The van der Waals surface area contributed by atoms with Crippen LogP contribution >= 0.6 is 11.3 Å². The van der Waals surface area contributed by atoms with Crippen LogP contribution in [0.25, 0.3) is 120 Å². The average molecular weight is 1520 g/mol. The van der Waals surface area contributed by atoms with Crippen LogP contribution < -0.4 is 0 Å². The Balaban J connectivity index is 0.000000102. The zero-order chi connectivity index (χ0) is 78.4. The molecule has 14 nitrogen and oxygen atoms in total. The van der Waals surface area contributed by atoms with Crippen molar-refractivity contribution in [1.82, 2.24) is 54.4 Å². The first kappa shape index (κ1) is 75.8. The molecule has 13 aromatic carbocycles. The molecule has 11 heterocycles. The van der Waals surface area contributed by atoms with Crippen molar-refractivity contribution in [2.24, 2.45) is 4.99 Å². The van der Waals surface area contributed by atoms with Gasteiger partial charge in [-0.3, -0.25) is 29.9 Å². The summed E-state index contributed by atoms with van der Waals surface area (Å²) in [6.45, 7) is 0. The molecule has 24 rings (SSSR count). The maximum absolute atomic E-state index is 5.12. The fraction of sp³-hybridized carbons (Fsp3) is 0.00990. The van der Waals surface area contributed by atoms with Crippen LogP contribution in [-0.4, -0.2) is 60.6 Å². The summed E-state index contributed by atoms with van der Waals surface area (Å²) in [5.74, 6) is 0. The van der Waals surface area contributed by atoms with Gasteiger partial charge in [0.1, 0.15) is 18.0 Å². The number of hydrogen-bond donors (Lipinski definition) is 0. The number of nitrogens with zero attached hydrogens (tertiary/aromatic N) is 12. The highest BCUT2D eigenvalue weighted by Gasteiger charge is 2.19. The van der Waals surface area contributed by atoms with Gasteiger partial charge in [0.15, 0.2) is 5.58 Å². The maximum atomic E-state index is 5.12. The summed E-state index contributed by atoms with van der Waals surface area (Å²) in [7, 11) is 0. The number of rotatable bonds is 3. The van der Waals surface area contributed by atoms with Gasteiger partial charge in [-0.2, -0.15) is 5.10 Å². The summed E-state index contributed by atoms with van der Waals surface area (Å²) >= 11 is 1.79. The molecule has 1 unspecified atom stereocenters. The Morgan fingerprint density at radius 1 is 0.310 bits per heavy atom. The van der Waals surface area contributed by atoms with Gasteiger partial charge in [-0.15, -0.1) is 11.3 Å². The topological polar surface area (TPSA) is 165 Å². The van der Waals surface area contributed by atoms with Crippen molar-refractivity contribution in [1.29, 1.82) is 0 Å². The molecule has 10 aromatic heterocycles. The third kappa shape index (κ3) is 19.8. The van der Waals surface area contributed by atoms with E-state index in [-0.39, 0.29) is 6.04 Å². The Bertz CT molecular complexity index is 6140. The quantitative estimate of drug-likeness (QED) is 0.165. The van der Waals surface area contributed by atoms with Crippen molar-refractivity contribution in [3.63, 3.8) is 0 Å². The smallest absolute Gasteiger partial charge is 0.166 e. The highest BCUT2D eigenvalue weighted by atomic mass is 32.1. The molecule has 1 atom stereocenters. The SMILES string of the molecule is C1=NC(c2ccccc2)c2ccccc21.c1ccc(-n2c3ccccc3c3ccccc32)cc1.c1ccc(-n2ncc3ccccc32)cc1.c1ccc2cnccc2c1.c1ccc2nccnc2c1.c1ccc2ncncc2c1.c1ccc2occc2c1.c1ccc2oncc2c1.c1ccc2sccc2c1.c1cnc2cccnc2c1. The van der Waals surface area contributed by atoms with E-state index in [1.54, 1.807) is 54.9 Å². The van der Waals surface area contributed by atoms with Crippen LogP contribution in [0.2, 0.25) is 0 Å². The Kier molecular flexibility index (Phi) is 25.7. The Hall–Kier alpha value is -15.6. The maximum Gasteiger partial charge on any atom is 0.166 e.